The molecule has 1 N–H and O–H groups in total. The zero-order valence-electron chi connectivity index (χ0n) is 14.9. The lowest BCUT2D eigenvalue weighted by atomic mass is 10.2. The van der Waals surface area contributed by atoms with Crippen molar-refractivity contribution in [3.05, 3.63) is 59.7 Å². The third-order valence-corrected chi connectivity index (χ3v) is 6.68. The maximum absolute atomic E-state index is 12.3. The highest BCUT2D eigenvalue weighted by molar-refractivity contribution is 7.89. The Morgan fingerprint density at radius 1 is 1.12 bits per heavy atom. The molecule has 1 atom stereocenters. The summed E-state index contributed by atoms with van der Waals surface area (Å²) in [5.41, 5.74) is 2.34. The molecule has 0 aliphatic carbocycles. The van der Waals surface area contributed by atoms with Crippen molar-refractivity contribution in [3.8, 4) is 0 Å². The van der Waals surface area contributed by atoms with Gasteiger partial charge in [0.2, 0.25) is 15.9 Å². The summed E-state index contributed by atoms with van der Waals surface area (Å²) in [6.07, 6.45) is 0. The molecule has 1 amide bonds. The molecule has 0 bridgehead atoms. The molecule has 2 aromatic rings. The Morgan fingerprint density at radius 2 is 1.77 bits per heavy atom. The second-order valence-corrected chi connectivity index (χ2v) is 9.69. The van der Waals surface area contributed by atoms with Gasteiger partial charge in [0, 0.05) is 36.3 Å². The number of nitrogens with one attached hydrogen (secondary N) is 1. The smallest absolute Gasteiger partial charge is 0.242 e. The van der Waals surface area contributed by atoms with E-state index in [2.05, 4.69) is 5.32 Å². The average molecular weight is 395 g/mol. The van der Waals surface area contributed by atoms with Crippen LogP contribution in [0.2, 0.25) is 0 Å². The predicted octanol–water partition coefficient (Wildman–Crippen LogP) is 2.13. The predicted molar refractivity (Wildman–Crippen MR) is 104 cm³/mol. The van der Waals surface area contributed by atoms with Crippen molar-refractivity contribution < 1.29 is 17.4 Å². The van der Waals surface area contributed by atoms with Crippen LogP contribution in [-0.4, -0.2) is 42.7 Å². The van der Waals surface area contributed by atoms with Gasteiger partial charge in [0.1, 0.15) is 5.75 Å². The van der Waals surface area contributed by atoms with Crippen LogP contribution in [0.15, 0.2) is 53.4 Å². The molecule has 0 spiro atoms. The van der Waals surface area contributed by atoms with E-state index in [1.165, 1.54) is 26.2 Å². The van der Waals surface area contributed by atoms with Crippen LogP contribution in [0.4, 0.5) is 5.69 Å². The summed E-state index contributed by atoms with van der Waals surface area (Å²) in [4.78, 5) is 12.1. The highest BCUT2D eigenvalue weighted by Gasteiger charge is 2.18. The van der Waals surface area contributed by atoms with E-state index in [-0.39, 0.29) is 22.3 Å². The lowest BCUT2D eigenvalue weighted by Gasteiger charge is -2.12. The normalized spacial score (nSPS) is 12.8. The van der Waals surface area contributed by atoms with Gasteiger partial charge in [0.05, 0.1) is 4.90 Å². The Balaban J connectivity index is 1.99. The zero-order valence-corrected chi connectivity index (χ0v) is 16.6. The van der Waals surface area contributed by atoms with Crippen molar-refractivity contribution in [2.75, 3.05) is 25.2 Å². The number of carbonyl (C=O) groups is 1. The van der Waals surface area contributed by atoms with E-state index in [9.17, 15) is 17.4 Å². The van der Waals surface area contributed by atoms with E-state index in [1.807, 2.05) is 19.1 Å². The van der Waals surface area contributed by atoms with E-state index < -0.39 is 20.8 Å². The van der Waals surface area contributed by atoms with Gasteiger partial charge < -0.3 is 5.32 Å². The second-order valence-electron chi connectivity index (χ2n) is 6.08. The number of hydrogen-bond acceptors (Lipinski definition) is 4. The Bertz CT molecular complexity index is 907. The standard InChI is InChI=1S/C18H22N2O4S2/c1-14-7-9-16(10-8-14)19-18(21)13-25(22)12-15-5-4-6-17(11-15)26(23,24)20(2)3/h4-11H,12-13H2,1-3H3,(H,19,21)/t25-/m0/s1. The van der Waals surface area contributed by atoms with Crippen molar-refractivity contribution in [2.24, 2.45) is 0 Å². The van der Waals surface area contributed by atoms with Crippen LogP contribution in [-0.2, 0) is 31.4 Å². The summed E-state index contributed by atoms with van der Waals surface area (Å²) >= 11 is 0. The van der Waals surface area contributed by atoms with Crippen LogP contribution in [0.1, 0.15) is 11.1 Å². The van der Waals surface area contributed by atoms with Crippen molar-refractivity contribution in [3.63, 3.8) is 0 Å². The fourth-order valence-corrected chi connectivity index (χ4v) is 4.21. The number of hydrogen-bond donors (Lipinski definition) is 1. The number of amides is 1. The minimum Gasteiger partial charge on any atom is -0.325 e. The van der Waals surface area contributed by atoms with E-state index in [1.54, 1.807) is 24.3 Å². The van der Waals surface area contributed by atoms with Gasteiger partial charge in [-0.15, -0.1) is 0 Å². The molecule has 2 rings (SSSR count). The molecule has 0 radical (unpaired) electrons. The van der Waals surface area contributed by atoms with E-state index in [0.29, 0.717) is 11.3 Å². The molecule has 0 aliphatic rings. The molecule has 6 nitrogen and oxygen atoms in total. The van der Waals surface area contributed by atoms with Crippen LogP contribution in [0, 0.1) is 6.92 Å². The van der Waals surface area contributed by atoms with Gasteiger partial charge in [0.15, 0.2) is 0 Å². The first-order chi connectivity index (χ1) is 12.2. The van der Waals surface area contributed by atoms with Gasteiger partial charge in [-0.05, 0) is 36.8 Å². The molecule has 8 heteroatoms. The topological polar surface area (TPSA) is 83.5 Å². The van der Waals surface area contributed by atoms with Crippen molar-refractivity contribution in [1.29, 1.82) is 0 Å². The Labute approximate surface area is 156 Å². The molecule has 140 valence electrons. The third kappa shape index (κ3) is 5.48. The molecular formula is C18H22N2O4S2. The minimum absolute atomic E-state index is 0.109. The number of rotatable bonds is 7. The molecule has 0 heterocycles. The van der Waals surface area contributed by atoms with Crippen molar-refractivity contribution in [2.45, 2.75) is 17.6 Å². The van der Waals surface area contributed by atoms with Gasteiger partial charge in [-0.3, -0.25) is 9.00 Å². The molecule has 0 unspecified atom stereocenters. The summed E-state index contributed by atoms with van der Waals surface area (Å²) in [6, 6.07) is 13.6. The summed E-state index contributed by atoms with van der Waals surface area (Å²) in [5.74, 6) is -0.388. The maximum atomic E-state index is 12.3. The highest BCUT2D eigenvalue weighted by atomic mass is 32.2. The number of sulfonamides is 1. The molecule has 0 saturated heterocycles. The van der Waals surface area contributed by atoms with Gasteiger partial charge in [-0.1, -0.05) is 29.8 Å². The van der Waals surface area contributed by atoms with Crippen molar-refractivity contribution in [1.82, 2.24) is 4.31 Å². The molecule has 26 heavy (non-hydrogen) atoms. The Morgan fingerprint density at radius 3 is 2.38 bits per heavy atom. The summed E-state index contributed by atoms with van der Waals surface area (Å²) < 4.78 is 37.7. The number of aryl methyl sites for hydroxylation is 1. The summed E-state index contributed by atoms with van der Waals surface area (Å²) in [7, 11) is -2.08. The Kier molecular flexibility index (Phi) is 6.69. The number of carbonyl (C=O) groups excluding carboxylic acids is 1. The maximum Gasteiger partial charge on any atom is 0.242 e. The largest absolute Gasteiger partial charge is 0.325 e. The van der Waals surface area contributed by atoms with E-state index in [0.717, 1.165) is 9.87 Å². The lowest BCUT2D eigenvalue weighted by molar-refractivity contribution is -0.113. The molecular weight excluding hydrogens is 372 g/mol. The van der Waals surface area contributed by atoms with Crippen LogP contribution in [0.3, 0.4) is 0 Å². The SMILES string of the molecule is Cc1ccc(NC(=O)C[S@@](=O)Cc2cccc(S(=O)(=O)N(C)C)c2)cc1. The van der Waals surface area contributed by atoms with Crippen LogP contribution in [0.5, 0.6) is 0 Å². The quantitative estimate of drug-likeness (QED) is 0.780. The number of anilines is 1. The first-order valence-corrected chi connectivity index (χ1v) is 10.8. The monoisotopic (exact) mass is 394 g/mol. The third-order valence-electron chi connectivity index (χ3n) is 3.63. The molecule has 0 aromatic heterocycles. The van der Waals surface area contributed by atoms with E-state index in [4.69, 9.17) is 0 Å². The lowest BCUT2D eigenvalue weighted by Crippen LogP contribution is -2.22. The van der Waals surface area contributed by atoms with Gasteiger partial charge >= 0.3 is 0 Å². The zero-order chi connectivity index (χ0) is 19.3. The first-order valence-electron chi connectivity index (χ1n) is 7.91. The van der Waals surface area contributed by atoms with Crippen LogP contribution >= 0.6 is 0 Å². The molecule has 0 fully saturated rings. The van der Waals surface area contributed by atoms with Gasteiger partial charge in [-0.2, -0.15) is 0 Å². The number of benzene rings is 2. The molecule has 2 aromatic carbocycles. The highest BCUT2D eigenvalue weighted by Crippen LogP contribution is 2.16. The summed E-state index contributed by atoms with van der Waals surface area (Å²) in [5, 5.41) is 2.70. The first kappa shape index (κ1) is 20.3. The molecule has 0 saturated carbocycles. The fraction of sp³-hybridized carbons (Fsp3) is 0.278. The summed E-state index contributed by atoms with van der Waals surface area (Å²) in [6.45, 7) is 1.95. The minimum atomic E-state index is -3.55. The van der Waals surface area contributed by atoms with Crippen LogP contribution in [0.25, 0.3) is 0 Å². The van der Waals surface area contributed by atoms with Crippen LogP contribution < -0.4 is 5.32 Å². The van der Waals surface area contributed by atoms with E-state index >= 15 is 0 Å². The molecule has 0 aliphatic heterocycles. The number of nitrogens with zero attached hydrogens (tertiary/aromatic N) is 1. The average Bonchev–Trinajstić information content (AvgIpc) is 2.56. The van der Waals surface area contributed by atoms with Gasteiger partial charge in [0.25, 0.3) is 0 Å². The second kappa shape index (κ2) is 8.57. The van der Waals surface area contributed by atoms with Crippen molar-refractivity contribution >= 4 is 32.4 Å². The Hall–Kier alpha value is -2.03. The fourth-order valence-electron chi connectivity index (χ4n) is 2.22. The van der Waals surface area contributed by atoms with Gasteiger partial charge in [-0.25, -0.2) is 12.7 Å².